The van der Waals surface area contributed by atoms with Gasteiger partial charge >= 0.3 is 0 Å². The van der Waals surface area contributed by atoms with Crippen LogP contribution in [-0.2, 0) is 16.1 Å². The lowest BCUT2D eigenvalue weighted by molar-refractivity contribution is -0.118. The summed E-state index contributed by atoms with van der Waals surface area (Å²) in [6.07, 6.45) is 1.88. The van der Waals surface area contributed by atoms with E-state index in [9.17, 15) is 19.2 Å². The minimum Gasteiger partial charge on any atom is -0.482 e. The van der Waals surface area contributed by atoms with E-state index in [1.165, 1.54) is 0 Å². The van der Waals surface area contributed by atoms with E-state index < -0.39 is 0 Å². The zero-order valence-corrected chi connectivity index (χ0v) is 23.1. The van der Waals surface area contributed by atoms with Crippen LogP contribution in [0, 0.1) is 0 Å². The van der Waals surface area contributed by atoms with E-state index in [2.05, 4.69) is 16.0 Å². The lowest BCUT2D eigenvalue weighted by Gasteiger charge is -2.24. The highest BCUT2D eigenvalue weighted by atomic mass is 16.5. The molecular weight excluding hydrogens is 538 g/mol. The number of hydrogen-bond donors (Lipinski definition) is 4. The minimum atomic E-state index is -0.285. The Balaban J connectivity index is 1.16. The predicted molar refractivity (Wildman–Crippen MR) is 157 cm³/mol. The monoisotopic (exact) mass is 571 g/mol. The molecule has 218 valence electrons. The minimum absolute atomic E-state index is 0.0775. The quantitative estimate of drug-likeness (QED) is 0.244. The number of nitrogens with zero attached hydrogens (tertiary/aromatic N) is 1. The average Bonchev–Trinajstić information content (AvgIpc) is 3.85. The number of nitrogens with two attached hydrogens (primary N) is 1. The van der Waals surface area contributed by atoms with E-state index in [0.717, 1.165) is 18.4 Å². The van der Waals surface area contributed by atoms with E-state index in [0.29, 0.717) is 66.7 Å². The van der Waals surface area contributed by atoms with Crippen molar-refractivity contribution < 1.29 is 28.7 Å². The molecule has 1 aliphatic heterocycles. The molecule has 0 bridgehead atoms. The molecule has 0 atom stereocenters. The molecule has 2 aliphatic rings. The van der Waals surface area contributed by atoms with Gasteiger partial charge < -0.3 is 36.1 Å². The zero-order valence-electron chi connectivity index (χ0n) is 23.1. The zero-order chi connectivity index (χ0) is 29.5. The molecule has 0 unspecified atom stereocenters. The van der Waals surface area contributed by atoms with Crippen LogP contribution in [0.25, 0.3) is 0 Å². The maximum Gasteiger partial charge on any atom is 0.262 e. The first-order chi connectivity index (χ1) is 20.4. The van der Waals surface area contributed by atoms with Gasteiger partial charge in [-0.15, -0.1) is 0 Å². The van der Waals surface area contributed by atoms with Crippen molar-refractivity contribution in [3.8, 4) is 5.75 Å². The molecule has 1 saturated carbocycles. The van der Waals surface area contributed by atoms with Crippen LogP contribution < -0.4 is 26.4 Å². The fraction of sp³-hybridized carbons (Fsp3) is 0.290. The molecule has 3 aromatic carbocycles. The van der Waals surface area contributed by atoms with Gasteiger partial charge in [-0.1, -0.05) is 12.1 Å². The van der Waals surface area contributed by atoms with Gasteiger partial charge in [-0.2, -0.15) is 0 Å². The second-order valence-electron chi connectivity index (χ2n) is 10.1. The molecule has 0 radical (unpaired) electrons. The van der Waals surface area contributed by atoms with Gasteiger partial charge in [0.2, 0.25) is 0 Å². The first kappa shape index (κ1) is 28.8. The van der Waals surface area contributed by atoms with Gasteiger partial charge in [0.05, 0.1) is 18.9 Å². The molecule has 0 saturated heterocycles. The Morgan fingerprint density at radius 2 is 1.62 bits per heavy atom. The van der Waals surface area contributed by atoms with Crippen LogP contribution in [0.1, 0.15) is 49.5 Å². The van der Waals surface area contributed by atoms with Crippen molar-refractivity contribution in [2.24, 2.45) is 5.73 Å². The molecule has 1 aliphatic carbocycles. The van der Waals surface area contributed by atoms with Gasteiger partial charge in [-0.05, 0) is 73.0 Å². The van der Waals surface area contributed by atoms with E-state index in [1.807, 2.05) is 17.0 Å². The normalized spacial score (nSPS) is 13.8. The van der Waals surface area contributed by atoms with Crippen LogP contribution >= 0.6 is 0 Å². The topological polar surface area (TPSA) is 152 Å². The number of ether oxygens (including phenoxy) is 2. The number of benzene rings is 3. The van der Waals surface area contributed by atoms with E-state index in [4.69, 9.17) is 15.2 Å². The average molecular weight is 572 g/mol. The third-order valence-corrected chi connectivity index (χ3v) is 6.88. The Kier molecular flexibility index (Phi) is 9.10. The highest BCUT2D eigenvalue weighted by Crippen LogP contribution is 2.33. The number of carbonyl (C=O) groups is 4. The molecule has 11 heteroatoms. The van der Waals surface area contributed by atoms with Gasteiger partial charge in [0.1, 0.15) is 5.75 Å². The molecule has 3 aromatic rings. The number of amides is 4. The molecule has 5 N–H and O–H groups in total. The summed E-state index contributed by atoms with van der Waals surface area (Å²) in [5.74, 6) is -0.371. The van der Waals surface area contributed by atoms with Gasteiger partial charge in [0, 0.05) is 48.1 Å². The molecule has 5 rings (SSSR count). The van der Waals surface area contributed by atoms with Crippen molar-refractivity contribution in [1.82, 2.24) is 10.2 Å². The molecule has 42 heavy (non-hydrogen) atoms. The number of hydrogen-bond acceptors (Lipinski definition) is 7. The maximum atomic E-state index is 13.4. The van der Waals surface area contributed by atoms with Crippen molar-refractivity contribution in [3.63, 3.8) is 0 Å². The largest absolute Gasteiger partial charge is 0.482 e. The lowest BCUT2D eigenvalue weighted by Crippen LogP contribution is -2.33. The van der Waals surface area contributed by atoms with E-state index in [-0.39, 0.29) is 36.3 Å². The van der Waals surface area contributed by atoms with Crippen molar-refractivity contribution >= 4 is 35.0 Å². The molecular formula is C31H33N5O6. The standard InChI is InChI=1S/C31H33N5O6/c32-13-15-41-16-14-33-29(38)21-5-8-24(9-6-21)34-30(39)22-3-1-20(2-4-22)18-36(25-10-11-25)31(40)23-7-12-26-27(17-23)42-19-28(37)35-26/h1-9,12,17,25H,10-11,13-16,18-19,32H2,(H,33,38)(H,34,39)(H,35,37). The second-order valence-corrected chi connectivity index (χ2v) is 10.1. The van der Waals surface area contributed by atoms with Crippen LogP contribution in [0.5, 0.6) is 5.75 Å². The highest BCUT2D eigenvalue weighted by molar-refractivity contribution is 6.04. The molecule has 4 amide bonds. The van der Waals surface area contributed by atoms with Gasteiger partial charge in [0.15, 0.2) is 6.61 Å². The molecule has 1 fully saturated rings. The number of anilines is 2. The second kappa shape index (κ2) is 13.3. The summed E-state index contributed by atoms with van der Waals surface area (Å²) < 4.78 is 10.7. The number of rotatable bonds is 12. The van der Waals surface area contributed by atoms with Crippen LogP contribution in [0.15, 0.2) is 66.7 Å². The summed E-state index contributed by atoms with van der Waals surface area (Å²) >= 11 is 0. The van der Waals surface area contributed by atoms with Gasteiger partial charge in [-0.25, -0.2) is 0 Å². The molecule has 0 spiro atoms. The van der Waals surface area contributed by atoms with Crippen LogP contribution in [-0.4, -0.2) is 67.5 Å². The van der Waals surface area contributed by atoms with Crippen LogP contribution in [0.2, 0.25) is 0 Å². The third-order valence-electron chi connectivity index (χ3n) is 6.88. The smallest absolute Gasteiger partial charge is 0.262 e. The van der Waals surface area contributed by atoms with Gasteiger partial charge in [0.25, 0.3) is 23.6 Å². The number of carbonyl (C=O) groups excluding carboxylic acids is 4. The van der Waals surface area contributed by atoms with Gasteiger partial charge in [-0.3, -0.25) is 19.2 Å². The lowest BCUT2D eigenvalue weighted by atomic mass is 10.1. The third kappa shape index (κ3) is 7.31. The highest BCUT2D eigenvalue weighted by Gasteiger charge is 2.33. The fourth-order valence-electron chi connectivity index (χ4n) is 4.52. The summed E-state index contributed by atoms with van der Waals surface area (Å²) in [5.41, 5.74) is 8.81. The molecule has 11 nitrogen and oxygen atoms in total. The Morgan fingerprint density at radius 1 is 0.929 bits per heavy atom. The van der Waals surface area contributed by atoms with Crippen LogP contribution in [0.4, 0.5) is 11.4 Å². The Hall–Kier alpha value is -4.74. The number of fused-ring (bicyclic) bond motifs is 1. The first-order valence-corrected chi connectivity index (χ1v) is 13.9. The summed E-state index contributed by atoms with van der Waals surface area (Å²) in [7, 11) is 0. The Labute approximate surface area is 243 Å². The molecule has 0 aromatic heterocycles. The Bertz CT molecular complexity index is 1450. The van der Waals surface area contributed by atoms with Crippen molar-refractivity contribution in [1.29, 1.82) is 0 Å². The van der Waals surface area contributed by atoms with Crippen molar-refractivity contribution in [2.45, 2.75) is 25.4 Å². The Morgan fingerprint density at radius 3 is 2.33 bits per heavy atom. The van der Waals surface area contributed by atoms with E-state index >= 15 is 0 Å². The summed E-state index contributed by atoms with van der Waals surface area (Å²) in [5, 5.41) is 8.34. The fourth-order valence-corrected chi connectivity index (χ4v) is 4.52. The summed E-state index contributed by atoms with van der Waals surface area (Å²) in [6, 6.07) is 19.0. The maximum absolute atomic E-state index is 13.4. The number of nitrogens with one attached hydrogen (secondary N) is 3. The van der Waals surface area contributed by atoms with E-state index in [1.54, 1.807) is 54.6 Å². The van der Waals surface area contributed by atoms with Crippen molar-refractivity contribution in [2.75, 3.05) is 43.5 Å². The first-order valence-electron chi connectivity index (χ1n) is 13.9. The van der Waals surface area contributed by atoms with Crippen LogP contribution in [0.3, 0.4) is 0 Å². The SMILES string of the molecule is NCCOCCNC(=O)c1ccc(NC(=O)c2ccc(CN(C(=O)c3ccc4c(c3)OCC(=O)N4)C3CC3)cc2)cc1. The molecule has 1 heterocycles. The predicted octanol–water partition coefficient (Wildman–Crippen LogP) is 2.78. The summed E-state index contributed by atoms with van der Waals surface area (Å²) in [4.78, 5) is 51.9. The summed E-state index contributed by atoms with van der Waals surface area (Å²) in [6.45, 7) is 1.97. The van der Waals surface area contributed by atoms with Crippen molar-refractivity contribution in [3.05, 3.63) is 89.0 Å².